The third-order valence-corrected chi connectivity index (χ3v) is 6.37. The first-order chi connectivity index (χ1) is 15.8. The van der Waals surface area contributed by atoms with Gasteiger partial charge < -0.3 is 19.5 Å². The maximum atomic E-state index is 6.15. The van der Waals surface area contributed by atoms with Gasteiger partial charge in [0.25, 0.3) is 0 Å². The molecule has 1 N–H and O–H groups in total. The van der Waals surface area contributed by atoms with Crippen LogP contribution in [0.4, 0.5) is 0 Å². The van der Waals surface area contributed by atoms with Gasteiger partial charge in [0.2, 0.25) is 0 Å². The molecule has 7 nitrogen and oxygen atoms in total. The van der Waals surface area contributed by atoms with E-state index in [1.807, 2.05) is 24.1 Å². The van der Waals surface area contributed by atoms with Gasteiger partial charge in [0.05, 0.1) is 30.8 Å². The molecule has 2 atom stereocenters. The normalized spacial score (nSPS) is 20.9. The van der Waals surface area contributed by atoms with E-state index in [1.54, 1.807) is 6.20 Å². The first-order valence-corrected chi connectivity index (χ1v) is 11.2. The Labute approximate surface area is 212 Å². The summed E-state index contributed by atoms with van der Waals surface area (Å²) in [6, 6.07) is 19.5. The minimum Gasteiger partial charge on any atom is -0.373 e. The second-order valence-corrected chi connectivity index (χ2v) is 8.34. The number of likely N-dealkylation sites (tertiary alicyclic amines) is 1. The third-order valence-electron chi connectivity index (χ3n) is 6.37. The van der Waals surface area contributed by atoms with Gasteiger partial charge >= 0.3 is 0 Å². The van der Waals surface area contributed by atoms with Crippen LogP contribution in [0, 0.1) is 0 Å². The number of morpholine rings is 1. The zero-order valence-electron chi connectivity index (χ0n) is 18.9. The number of nitrogens with one attached hydrogen (secondary N) is 1. The molecule has 1 aromatic heterocycles. The summed E-state index contributed by atoms with van der Waals surface area (Å²) in [6.45, 7) is 5.18. The molecule has 0 bridgehead atoms. The van der Waals surface area contributed by atoms with Crippen molar-refractivity contribution in [3.8, 4) is 5.69 Å². The monoisotopic (exact) mass is 558 g/mol. The standard InChI is InChI=1S/C25H30N6O.HI/c1-26-25(28-15-21-9-5-6-10-22(21)30-12-11-27-19-30)31-17-23-24(18-31)32-14-13-29(23)16-20-7-3-2-4-8-20;/h2-12,19,23-24H,13-18H2,1H3,(H,26,28);1H. The van der Waals surface area contributed by atoms with Gasteiger partial charge in [0.1, 0.15) is 0 Å². The maximum absolute atomic E-state index is 6.15. The molecule has 0 saturated carbocycles. The van der Waals surface area contributed by atoms with Crippen LogP contribution in [0.2, 0.25) is 0 Å². The molecule has 2 saturated heterocycles. The fraction of sp³-hybridized carbons (Fsp3) is 0.360. The lowest BCUT2D eigenvalue weighted by atomic mass is 10.1. The van der Waals surface area contributed by atoms with Crippen LogP contribution < -0.4 is 5.32 Å². The van der Waals surface area contributed by atoms with Crippen molar-refractivity contribution in [1.29, 1.82) is 0 Å². The number of aliphatic imine (C=N–C) groups is 1. The molecular weight excluding hydrogens is 527 g/mol. The van der Waals surface area contributed by atoms with Crippen LogP contribution in [0.25, 0.3) is 5.69 Å². The summed E-state index contributed by atoms with van der Waals surface area (Å²) in [5.74, 6) is 0.920. The maximum Gasteiger partial charge on any atom is 0.194 e. The summed E-state index contributed by atoms with van der Waals surface area (Å²) in [4.78, 5) is 13.7. The van der Waals surface area contributed by atoms with Crippen LogP contribution in [0.5, 0.6) is 0 Å². The Morgan fingerprint density at radius 2 is 1.94 bits per heavy atom. The van der Waals surface area contributed by atoms with Gasteiger partial charge in [-0.1, -0.05) is 48.5 Å². The zero-order valence-corrected chi connectivity index (χ0v) is 21.2. The Morgan fingerprint density at radius 3 is 2.73 bits per heavy atom. The Morgan fingerprint density at radius 1 is 1.12 bits per heavy atom. The van der Waals surface area contributed by atoms with Crippen LogP contribution >= 0.6 is 24.0 Å². The molecule has 0 amide bonds. The molecule has 3 aromatic rings. The molecule has 5 rings (SSSR count). The molecule has 2 aliphatic rings. The smallest absolute Gasteiger partial charge is 0.194 e. The summed E-state index contributed by atoms with van der Waals surface area (Å²) in [7, 11) is 1.86. The van der Waals surface area contributed by atoms with E-state index >= 15 is 0 Å². The molecule has 2 fully saturated rings. The van der Waals surface area contributed by atoms with Gasteiger partial charge in [-0.2, -0.15) is 0 Å². The average Bonchev–Trinajstić information content (AvgIpc) is 3.51. The highest BCUT2D eigenvalue weighted by molar-refractivity contribution is 14.0. The Kier molecular flexibility index (Phi) is 8.00. The van der Waals surface area contributed by atoms with Crippen molar-refractivity contribution in [2.45, 2.75) is 25.2 Å². The van der Waals surface area contributed by atoms with Crippen LogP contribution in [-0.2, 0) is 17.8 Å². The molecule has 2 aromatic carbocycles. The largest absolute Gasteiger partial charge is 0.373 e. The van der Waals surface area contributed by atoms with E-state index < -0.39 is 0 Å². The highest BCUT2D eigenvalue weighted by atomic mass is 127. The minimum atomic E-state index is 0. The van der Waals surface area contributed by atoms with E-state index in [4.69, 9.17) is 4.74 Å². The number of hydrogen-bond acceptors (Lipinski definition) is 4. The Balaban J connectivity index is 0.00000259. The van der Waals surface area contributed by atoms with Crippen molar-refractivity contribution < 1.29 is 4.74 Å². The van der Waals surface area contributed by atoms with E-state index in [1.165, 1.54) is 11.1 Å². The van der Waals surface area contributed by atoms with Crippen molar-refractivity contribution >= 4 is 29.9 Å². The fourth-order valence-corrected chi connectivity index (χ4v) is 4.77. The number of ether oxygens (including phenoxy) is 1. The Hall–Kier alpha value is -2.43. The van der Waals surface area contributed by atoms with Gasteiger partial charge in [0, 0.05) is 52.2 Å². The third kappa shape index (κ3) is 5.39. The minimum absolute atomic E-state index is 0. The average molecular weight is 558 g/mol. The molecule has 0 radical (unpaired) electrons. The van der Waals surface area contributed by atoms with E-state index in [2.05, 4.69) is 79.7 Å². The molecule has 0 aliphatic carbocycles. The van der Waals surface area contributed by atoms with Crippen molar-refractivity contribution in [1.82, 2.24) is 24.7 Å². The second kappa shape index (κ2) is 11.1. The molecule has 8 heteroatoms. The number of halogens is 1. The second-order valence-electron chi connectivity index (χ2n) is 8.34. The predicted octanol–water partition coefficient (Wildman–Crippen LogP) is 3.15. The van der Waals surface area contributed by atoms with Gasteiger partial charge in [0.15, 0.2) is 5.96 Å². The van der Waals surface area contributed by atoms with Gasteiger partial charge in [-0.25, -0.2) is 4.98 Å². The fourth-order valence-electron chi connectivity index (χ4n) is 4.77. The lowest BCUT2D eigenvalue weighted by molar-refractivity contribution is -0.0502. The van der Waals surface area contributed by atoms with Crippen LogP contribution in [-0.4, -0.2) is 70.7 Å². The highest BCUT2D eigenvalue weighted by Crippen LogP contribution is 2.25. The van der Waals surface area contributed by atoms with E-state index in [9.17, 15) is 0 Å². The molecule has 2 aliphatic heterocycles. The molecule has 0 spiro atoms. The number of benzene rings is 2. The van der Waals surface area contributed by atoms with Crippen LogP contribution in [0.1, 0.15) is 11.1 Å². The lowest BCUT2D eigenvalue weighted by Gasteiger charge is -2.36. The number of imidazole rings is 1. The van der Waals surface area contributed by atoms with Crippen molar-refractivity contribution in [2.24, 2.45) is 4.99 Å². The van der Waals surface area contributed by atoms with E-state index in [-0.39, 0.29) is 30.1 Å². The van der Waals surface area contributed by atoms with E-state index in [0.29, 0.717) is 12.6 Å². The Bertz CT molecular complexity index is 1040. The summed E-state index contributed by atoms with van der Waals surface area (Å²) in [5, 5.41) is 3.57. The zero-order chi connectivity index (χ0) is 21.8. The van der Waals surface area contributed by atoms with Crippen molar-refractivity contribution in [3.05, 3.63) is 84.4 Å². The summed E-state index contributed by atoms with van der Waals surface area (Å²) < 4.78 is 8.19. The first-order valence-electron chi connectivity index (χ1n) is 11.2. The SMILES string of the molecule is CN=C(NCc1ccccc1-n1ccnc1)N1CC2OCCN(Cc3ccccc3)C2C1.I. The molecule has 33 heavy (non-hydrogen) atoms. The van der Waals surface area contributed by atoms with Crippen LogP contribution in [0.3, 0.4) is 0 Å². The number of fused-ring (bicyclic) bond motifs is 1. The highest BCUT2D eigenvalue weighted by Gasteiger charge is 2.41. The summed E-state index contributed by atoms with van der Waals surface area (Å²) >= 11 is 0. The number of hydrogen-bond donors (Lipinski definition) is 1. The molecule has 174 valence electrons. The van der Waals surface area contributed by atoms with Gasteiger partial charge in [-0.05, 0) is 17.2 Å². The van der Waals surface area contributed by atoms with Gasteiger partial charge in [-0.15, -0.1) is 24.0 Å². The van der Waals surface area contributed by atoms with Crippen molar-refractivity contribution in [2.75, 3.05) is 33.3 Å². The van der Waals surface area contributed by atoms with Gasteiger partial charge in [-0.3, -0.25) is 9.89 Å². The summed E-state index contributed by atoms with van der Waals surface area (Å²) in [5.41, 5.74) is 3.68. The summed E-state index contributed by atoms with van der Waals surface area (Å²) in [6.07, 6.45) is 5.81. The van der Waals surface area contributed by atoms with Crippen molar-refractivity contribution in [3.63, 3.8) is 0 Å². The number of rotatable bonds is 5. The molecule has 2 unspecified atom stereocenters. The number of para-hydroxylation sites is 1. The lowest BCUT2D eigenvalue weighted by Crippen LogP contribution is -2.50. The molecule has 3 heterocycles. The first kappa shape index (κ1) is 23.7. The van der Waals surface area contributed by atoms with E-state index in [0.717, 1.165) is 44.4 Å². The quantitative estimate of drug-likeness (QED) is 0.297. The van der Waals surface area contributed by atoms with Crippen LogP contribution in [0.15, 0.2) is 78.3 Å². The number of guanidine groups is 1. The number of nitrogens with zero attached hydrogens (tertiary/aromatic N) is 5. The molecular formula is C25H31IN6O. The predicted molar refractivity (Wildman–Crippen MR) is 141 cm³/mol. The number of aromatic nitrogens is 2. The topological polar surface area (TPSA) is 57.9 Å².